The van der Waals surface area contributed by atoms with Crippen molar-refractivity contribution in [1.82, 2.24) is 10.2 Å². The molecule has 0 aromatic heterocycles. The first-order valence-electron chi connectivity index (χ1n) is 10.7. The van der Waals surface area contributed by atoms with E-state index in [1.807, 2.05) is 47.4 Å². The van der Waals surface area contributed by atoms with Crippen LogP contribution in [0.25, 0.3) is 10.8 Å². The Morgan fingerprint density at radius 3 is 2.40 bits per heavy atom. The van der Waals surface area contributed by atoms with Gasteiger partial charge in [-0.05, 0) is 48.6 Å². The normalized spacial score (nSPS) is 14.6. The van der Waals surface area contributed by atoms with E-state index < -0.39 is 0 Å². The lowest BCUT2D eigenvalue weighted by Crippen LogP contribution is -2.46. The van der Waals surface area contributed by atoms with E-state index in [0.29, 0.717) is 25.1 Å². The predicted octanol–water partition coefficient (Wildman–Crippen LogP) is 4.50. The molecule has 2 amide bonds. The van der Waals surface area contributed by atoms with Crippen molar-refractivity contribution in [3.8, 4) is 0 Å². The third kappa shape index (κ3) is 4.70. The maximum Gasteiger partial charge on any atom is 0.252 e. The number of likely N-dealkylation sites (tertiary alicyclic amines) is 1. The molecule has 1 saturated heterocycles. The van der Waals surface area contributed by atoms with Crippen molar-refractivity contribution >= 4 is 22.6 Å². The minimum atomic E-state index is -0.0315. The zero-order valence-electron chi connectivity index (χ0n) is 17.4. The van der Waals surface area contributed by atoms with Gasteiger partial charge in [-0.1, -0.05) is 66.2 Å². The smallest absolute Gasteiger partial charge is 0.252 e. The van der Waals surface area contributed by atoms with Crippen LogP contribution in [0.3, 0.4) is 0 Å². The summed E-state index contributed by atoms with van der Waals surface area (Å²) in [7, 11) is 0. The number of fused-ring (bicyclic) bond motifs is 1. The highest BCUT2D eigenvalue weighted by Crippen LogP contribution is 2.20. The highest BCUT2D eigenvalue weighted by atomic mass is 16.2. The van der Waals surface area contributed by atoms with Crippen molar-refractivity contribution in [3.63, 3.8) is 0 Å². The maximum atomic E-state index is 12.8. The van der Waals surface area contributed by atoms with E-state index in [2.05, 4.69) is 36.5 Å². The minimum Gasteiger partial charge on any atom is -0.349 e. The van der Waals surface area contributed by atoms with Crippen LogP contribution in [0.4, 0.5) is 0 Å². The summed E-state index contributed by atoms with van der Waals surface area (Å²) in [6.07, 6.45) is 2.91. The number of carbonyl (C=O) groups excluding carboxylic acids is 2. The number of benzene rings is 3. The summed E-state index contributed by atoms with van der Waals surface area (Å²) >= 11 is 0. The summed E-state index contributed by atoms with van der Waals surface area (Å²) in [5.41, 5.74) is 3.15. The van der Waals surface area contributed by atoms with Gasteiger partial charge in [0.1, 0.15) is 0 Å². The first kappa shape index (κ1) is 20.1. The fraction of sp³-hybridized carbons (Fsp3) is 0.308. The van der Waals surface area contributed by atoms with Gasteiger partial charge < -0.3 is 10.2 Å². The van der Waals surface area contributed by atoms with Crippen molar-refractivity contribution < 1.29 is 9.59 Å². The third-order valence-electron chi connectivity index (χ3n) is 5.97. The molecule has 30 heavy (non-hydrogen) atoms. The van der Waals surface area contributed by atoms with Crippen LogP contribution in [-0.4, -0.2) is 35.8 Å². The zero-order chi connectivity index (χ0) is 20.9. The molecule has 1 N–H and O–H groups in total. The molecular weight excluding hydrogens is 372 g/mol. The highest BCUT2D eigenvalue weighted by molar-refractivity contribution is 6.07. The molecule has 0 aliphatic carbocycles. The molecular formula is C26H28N2O2. The molecule has 0 unspecified atom stereocenters. The monoisotopic (exact) mass is 400 g/mol. The Hall–Kier alpha value is -3.14. The minimum absolute atomic E-state index is 0.0315. The molecule has 1 heterocycles. The average molecular weight is 401 g/mol. The van der Waals surface area contributed by atoms with Crippen LogP contribution in [-0.2, 0) is 11.2 Å². The van der Waals surface area contributed by atoms with Gasteiger partial charge in [0.15, 0.2) is 0 Å². The number of aryl methyl sites for hydroxylation is 2. The van der Waals surface area contributed by atoms with Gasteiger partial charge in [-0.25, -0.2) is 0 Å². The SMILES string of the molecule is Cc1ccc(CCC(=O)N2CCC(NC(=O)c3cccc4ccccc34)CC2)cc1. The second kappa shape index (κ2) is 9.12. The second-order valence-electron chi connectivity index (χ2n) is 8.14. The van der Waals surface area contributed by atoms with E-state index in [1.165, 1.54) is 11.1 Å². The molecule has 0 radical (unpaired) electrons. The van der Waals surface area contributed by atoms with Crippen LogP contribution in [0.2, 0.25) is 0 Å². The fourth-order valence-electron chi connectivity index (χ4n) is 4.12. The van der Waals surface area contributed by atoms with E-state index in [-0.39, 0.29) is 17.9 Å². The largest absolute Gasteiger partial charge is 0.349 e. The summed E-state index contributed by atoms with van der Waals surface area (Å²) in [5.74, 6) is 0.172. The quantitative estimate of drug-likeness (QED) is 0.685. The van der Waals surface area contributed by atoms with E-state index in [4.69, 9.17) is 0 Å². The summed E-state index contributed by atoms with van der Waals surface area (Å²) in [6.45, 7) is 3.47. The van der Waals surface area contributed by atoms with Crippen LogP contribution < -0.4 is 5.32 Å². The van der Waals surface area contributed by atoms with Crippen LogP contribution in [0.1, 0.15) is 40.7 Å². The molecule has 1 fully saturated rings. The molecule has 0 atom stereocenters. The fourth-order valence-corrected chi connectivity index (χ4v) is 4.12. The van der Waals surface area contributed by atoms with Crippen LogP contribution in [0, 0.1) is 6.92 Å². The number of nitrogens with zero attached hydrogens (tertiary/aromatic N) is 1. The van der Waals surface area contributed by atoms with E-state index in [1.54, 1.807) is 0 Å². The zero-order valence-corrected chi connectivity index (χ0v) is 17.4. The van der Waals surface area contributed by atoms with Crippen LogP contribution >= 0.6 is 0 Å². The topological polar surface area (TPSA) is 49.4 Å². The lowest BCUT2D eigenvalue weighted by molar-refractivity contribution is -0.132. The third-order valence-corrected chi connectivity index (χ3v) is 5.97. The summed E-state index contributed by atoms with van der Waals surface area (Å²) in [6, 6.07) is 22.2. The van der Waals surface area contributed by atoms with Crippen molar-refractivity contribution in [3.05, 3.63) is 83.4 Å². The van der Waals surface area contributed by atoms with Crippen molar-refractivity contribution in [2.45, 2.75) is 38.6 Å². The highest BCUT2D eigenvalue weighted by Gasteiger charge is 2.24. The lowest BCUT2D eigenvalue weighted by atomic mass is 10.0. The van der Waals surface area contributed by atoms with E-state index in [9.17, 15) is 9.59 Å². The Morgan fingerprint density at radius 1 is 0.933 bits per heavy atom. The number of hydrogen-bond acceptors (Lipinski definition) is 2. The molecule has 1 aliphatic rings. The molecule has 3 aromatic rings. The van der Waals surface area contributed by atoms with Crippen LogP contribution in [0.5, 0.6) is 0 Å². The molecule has 4 heteroatoms. The molecule has 4 nitrogen and oxygen atoms in total. The van der Waals surface area contributed by atoms with Crippen molar-refractivity contribution in [2.24, 2.45) is 0 Å². The Balaban J connectivity index is 1.28. The van der Waals surface area contributed by atoms with E-state index >= 15 is 0 Å². The molecule has 0 spiro atoms. The molecule has 4 rings (SSSR count). The average Bonchev–Trinajstić information content (AvgIpc) is 2.78. The number of nitrogens with one attached hydrogen (secondary N) is 1. The Bertz CT molecular complexity index is 1030. The van der Waals surface area contributed by atoms with Gasteiger partial charge in [0.2, 0.25) is 5.91 Å². The lowest BCUT2D eigenvalue weighted by Gasteiger charge is -2.32. The standard InChI is InChI=1S/C26H28N2O2/c1-19-9-11-20(12-10-19)13-14-25(29)28-17-15-22(16-18-28)27-26(30)24-8-4-6-21-5-2-3-7-23(21)24/h2-12,22H,13-18H2,1H3,(H,27,30). The number of piperidine rings is 1. The van der Waals surface area contributed by atoms with Gasteiger partial charge in [-0.15, -0.1) is 0 Å². The summed E-state index contributed by atoms with van der Waals surface area (Å²) < 4.78 is 0. The maximum absolute atomic E-state index is 12.8. The van der Waals surface area contributed by atoms with Crippen molar-refractivity contribution in [2.75, 3.05) is 13.1 Å². The Morgan fingerprint density at radius 2 is 1.63 bits per heavy atom. The predicted molar refractivity (Wildman–Crippen MR) is 121 cm³/mol. The second-order valence-corrected chi connectivity index (χ2v) is 8.14. The van der Waals surface area contributed by atoms with E-state index in [0.717, 1.165) is 30.0 Å². The summed E-state index contributed by atoms with van der Waals surface area (Å²) in [5, 5.41) is 5.21. The number of carbonyl (C=O) groups is 2. The molecule has 3 aromatic carbocycles. The van der Waals surface area contributed by atoms with Crippen LogP contribution in [0.15, 0.2) is 66.7 Å². The number of amides is 2. The van der Waals surface area contributed by atoms with Gasteiger partial charge in [0.25, 0.3) is 5.91 Å². The number of hydrogen-bond donors (Lipinski definition) is 1. The summed E-state index contributed by atoms with van der Waals surface area (Å²) in [4.78, 5) is 27.3. The van der Waals surface area contributed by atoms with Crippen molar-refractivity contribution in [1.29, 1.82) is 0 Å². The first-order chi connectivity index (χ1) is 14.6. The molecule has 0 saturated carbocycles. The molecule has 0 bridgehead atoms. The number of rotatable bonds is 5. The van der Waals surface area contributed by atoms with Gasteiger partial charge in [0, 0.05) is 31.1 Å². The Labute approximate surface area is 177 Å². The molecule has 1 aliphatic heterocycles. The first-order valence-corrected chi connectivity index (χ1v) is 10.7. The van der Waals surface area contributed by atoms with Gasteiger partial charge in [0.05, 0.1) is 0 Å². The van der Waals surface area contributed by atoms with Gasteiger partial charge >= 0.3 is 0 Å². The van der Waals surface area contributed by atoms with Gasteiger partial charge in [-0.2, -0.15) is 0 Å². The Kier molecular flexibility index (Phi) is 6.12. The molecule has 154 valence electrons. The van der Waals surface area contributed by atoms with Gasteiger partial charge in [-0.3, -0.25) is 9.59 Å².